The van der Waals surface area contributed by atoms with E-state index in [2.05, 4.69) is 6.07 Å². The average molecular weight is 259 g/mol. The molecule has 0 fully saturated rings. The highest BCUT2D eigenvalue weighted by Crippen LogP contribution is 2.34. The maximum atomic E-state index is 9.40. The molecule has 2 heterocycles. The zero-order chi connectivity index (χ0) is 13.5. The fourth-order valence-electron chi connectivity index (χ4n) is 2.55. The van der Waals surface area contributed by atoms with Crippen molar-refractivity contribution in [3.8, 4) is 17.2 Å². The predicted octanol–water partition coefficient (Wildman–Crippen LogP) is 4.72. The minimum absolute atomic E-state index is 0.632. The molecule has 3 nitrogen and oxygen atoms in total. The van der Waals surface area contributed by atoms with E-state index < -0.39 is 0 Å². The van der Waals surface area contributed by atoms with Crippen LogP contribution in [0.2, 0.25) is 0 Å². The number of nitriles is 1. The Kier molecular flexibility index (Phi) is 2.18. The monoisotopic (exact) mass is 259 g/mol. The van der Waals surface area contributed by atoms with Crippen molar-refractivity contribution in [2.24, 2.45) is 0 Å². The van der Waals surface area contributed by atoms with Gasteiger partial charge in [-0.25, -0.2) is 0 Å². The number of rotatable bonds is 1. The van der Waals surface area contributed by atoms with Crippen molar-refractivity contribution in [2.45, 2.75) is 0 Å². The van der Waals surface area contributed by atoms with E-state index in [-0.39, 0.29) is 0 Å². The first-order valence-corrected chi connectivity index (χ1v) is 6.25. The maximum absolute atomic E-state index is 9.40. The molecule has 4 rings (SSSR count). The summed E-state index contributed by atoms with van der Waals surface area (Å²) in [6, 6.07) is 15.6. The molecule has 0 spiro atoms. The van der Waals surface area contributed by atoms with E-state index in [1.54, 1.807) is 12.5 Å². The first-order chi connectivity index (χ1) is 9.86. The minimum atomic E-state index is 0.632. The van der Waals surface area contributed by atoms with E-state index in [1.165, 1.54) is 0 Å². The zero-order valence-electron chi connectivity index (χ0n) is 10.5. The average Bonchev–Trinajstić information content (AvgIpc) is 3.13. The van der Waals surface area contributed by atoms with Crippen molar-refractivity contribution in [1.29, 1.82) is 5.26 Å². The first-order valence-electron chi connectivity index (χ1n) is 6.25. The fourth-order valence-corrected chi connectivity index (χ4v) is 2.55. The van der Waals surface area contributed by atoms with Crippen LogP contribution >= 0.6 is 0 Å². The van der Waals surface area contributed by atoms with Crippen molar-refractivity contribution in [3.05, 3.63) is 60.6 Å². The van der Waals surface area contributed by atoms with Gasteiger partial charge in [-0.15, -0.1) is 0 Å². The van der Waals surface area contributed by atoms with Crippen LogP contribution in [0.5, 0.6) is 0 Å². The Balaban J connectivity index is 2.11. The highest BCUT2D eigenvalue weighted by Gasteiger charge is 2.12. The lowest BCUT2D eigenvalue weighted by Crippen LogP contribution is -1.85. The maximum Gasteiger partial charge on any atom is 0.134 e. The molecule has 0 unspecified atom stereocenters. The minimum Gasteiger partial charge on any atom is -0.464 e. The second-order valence-corrected chi connectivity index (χ2v) is 4.61. The number of hydrogen-bond donors (Lipinski definition) is 0. The lowest BCUT2D eigenvalue weighted by Gasteiger charge is -2.05. The Morgan fingerprint density at radius 1 is 0.850 bits per heavy atom. The van der Waals surface area contributed by atoms with Crippen LogP contribution in [0.1, 0.15) is 5.56 Å². The molecule has 0 N–H and O–H groups in total. The van der Waals surface area contributed by atoms with Crippen LogP contribution in [-0.2, 0) is 0 Å². The smallest absolute Gasteiger partial charge is 0.134 e. The molecular weight excluding hydrogens is 250 g/mol. The van der Waals surface area contributed by atoms with Crippen molar-refractivity contribution < 1.29 is 8.83 Å². The summed E-state index contributed by atoms with van der Waals surface area (Å²) >= 11 is 0. The van der Waals surface area contributed by atoms with Gasteiger partial charge in [-0.1, -0.05) is 12.1 Å². The van der Waals surface area contributed by atoms with Crippen molar-refractivity contribution in [2.75, 3.05) is 0 Å². The van der Waals surface area contributed by atoms with Gasteiger partial charge in [0, 0.05) is 16.3 Å². The molecule has 0 amide bonds. The summed E-state index contributed by atoms with van der Waals surface area (Å²) in [5.41, 5.74) is 4.06. The van der Waals surface area contributed by atoms with Crippen LogP contribution in [0.4, 0.5) is 0 Å². The molecule has 0 bridgehead atoms. The Hall–Kier alpha value is -2.99. The Morgan fingerprint density at radius 2 is 1.70 bits per heavy atom. The van der Waals surface area contributed by atoms with E-state index in [1.807, 2.05) is 42.5 Å². The number of fused-ring (bicyclic) bond motifs is 2. The van der Waals surface area contributed by atoms with Gasteiger partial charge in [0.25, 0.3) is 0 Å². The Morgan fingerprint density at radius 3 is 2.60 bits per heavy atom. The van der Waals surface area contributed by atoms with Crippen LogP contribution in [0.3, 0.4) is 0 Å². The molecule has 0 radical (unpaired) electrons. The largest absolute Gasteiger partial charge is 0.464 e. The molecule has 0 saturated heterocycles. The molecule has 0 aliphatic carbocycles. The van der Waals surface area contributed by atoms with Crippen LogP contribution < -0.4 is 0 Å². The van der Waals surface area contributed by atoms with Gasteiger partial charge in [-0.05, 0) is 35.9 Å². The molecule has 4 aromatic rings. The van der Waals surface area contributed by atoms with E-state index >= 15 is 0 Å². The molecule has 3 heteroatoms. The van der Waals surface area contributed by atoms with Gasteiger partial charge in [0.05, 0.1) is 24.2 Å². The van der Waals surface area contributed by atoms with Gasteiger partial charge in [0.1, 0.15) is 11.2 Å². The third-order valence-electron chi connectivity index (χ3n) is 3.50. The first kappa shape index (κ1) is 10.9. The summed E-state index contributed by atoms with van der Waals surface area (Å²) in [5, 5.41) is 11.3. The summed E-state index contributed by atoms with van der Waals surface area (Å²) in [7, 11) is 0. The molecule has 0 saturated carbocycles. The summed E-state index contributed by atoms with van der Waals surface area (Å²) in [4.78, 5) is 0. The Bertz CT molecular complexity index is 969. The second-order valence-electron chi connectivity index (χ2n) is 4.61. The molecular formula is C17H9NO2. The van der Waals surface area contributed by atoms with Gasteiger partial charge >= 0.3 is 0 Å². The highest BCUT2D eigenvalue weighted by molar-refractivity contribution is 5.98. The molecule has 0 aliphatic rings. The van der Waals surface area contributed by atoms with Gasteiger partial charge in [0.15, 0.2) is 0 Å². The van der Waals surface area contributed by atoms with Gasteiger partial charge in [-0.3, -0.25) is 0 Å². The van der Waals surface area contributed by atoms with Crippen LogP contribution in [0, 0.1) is 11.3 Å². The van der Waals surface area contributed by atoms with Crippen LogP contribution in [-0.4, -0.2) is 0 Å². The third kappa shape index (κ3) is 1.45. The van der Waals surface area contributed by atoms with Gasteiger partial charge in [0.2, 0.25) is 0 Å². The summed E-state index contributed by atoms with van der Waals surface area (Å²) in [5.74, 6) is 0. The summed E-state index contributed by atoms with van der Waals surface area (Å²) < 4.78 is 10.9. The SMILES string of the molecule is N#Cc1cc2ccoc2cc1-c1cccc2occc12. The molecule has 0 aliphatic heterocycles. The number of hydrogen-bond acceptors (Lipinski definition) is 3. The quantitative estimate of drug-likeness (QED) is 0.497. The van der Waals surface area contributed by atoms with E-state index in [4.69, 9.17) is 8.83 Å². The van der Waals surface area contributed by atoms with Gasteiger partial charge < -0.3 is 8.83 Å². The predicted molar refractivity (Wildman–Crippen MR) is 76.1 cm³/mol. The molecule has 0 atom stereocenters. The van der Waals surface area contributed by atoms with Crippen molar-refractivity contribution in [3.63, 3.8) is 0 Å². The topological polar surface area (TPSA) is 50.1 Å². The normalized spacial score (nSPS) is 10.9. The molecule has 2 aromatic carbocycles. The van der Waals surface area contributed by atoms with E-state index in [0.29, 0.717) is 5.56 Å². The lowest BCUT2D eigenvalue weighted by atomic mass is 9.96. The second kappa shape index (κ2) is 4.01. The standard InChI is InChI=1S/C17H9NO2/c18-10-12-8-11-4-6-20-17(11)9-15(12)13-2-1-3-16-14(13)5-7-19-16/h1-9H. The fraction of sp³-hybridized carbons (Fsp3) is 0. The summed E-state index contributed by atoms with van der Waals surface area (Å²) in [6.45, 7) is 0. The van der Waals surface area contributed by atoms with Gasteiger partial charge in [-0.2, -0.15) is 5.26 Å². The summed E-state index contributed by atoms with van der Waals surface area (Å²) in [6.07, 6.45) is 3.29. The molecule has 20 heavy (non-hydrogen) atoms. The molecule has 2 aromatic heterocycles. The van der Waals surface area contributed by atoms with Crippen LogP contribution in [0.25, 0.3) is 33.1 Å². The Labute approximate surface area is 114 Å². The highest BCUT2D eigenvalue weighted by atomic mass is 16.3. The number of furan rings is 2. The van der Waals surface area contributed by atoms with E-state index in [9.17, 15) is 5.26 Å². The number of benzene rings is 2. The van der Waals surface area contributed by atoms with E-state index in [0.717, 1.165) is 33.1 Å². The van der Waals surface area contributed by atoms with Crippen molar-refractivity contribution in [1.82, 2.24) is 0 Å². The van der Waals surface area contributed by atoms with Crippen molar-refractivity contribution >= 4 is 21.9 Å². The lowest BCUT2D eigenvalue weighted by molar-refractivity contribution is 0.615. The van der Waals surface area contributed by atoms with Crippen LogP contribution in [0.15, 0.2) is 63.8 Å². The third-order valence-corrected chi connectivity index (χ3v) is 3.50. The zero-order valence-corrected chi connectivity index (χ0v) is 10.5. The number of nitrogens with zero attached hydrogens (tertiary/aromatic N) is 1. The molecule has 94 valence electrons.